The third-order valence-electron chi connectivity index (χ3n) is 4.88. The molecule has 0 aliphatic heterocycles. The van der Waals surface area contributed by atoms with Crippen LogP contribution in [0.15, 0.2) is 101 Å². The summed E-state index contributed by atoms with van der Waals surface area (Å²) >= 11 is 15.9. The van der Waals surface area contributed by atoms with E-state index in [0.29, 0.717) is 34.0 Å². The maximum atomic E-state index is 9.17. The number of benzene rings is 3. The molecule has 0 saturated carbocycles. The first kappa shape index (κ1) is 35.0. The molecule has 0 bridgehead atoms. The fourth-order valence-corrected chi connectivity index (χ4v) is 3.35. The van der Waals surface area contributed by atoms with Crippen molar-refractivity contribution in [3.63, 3.8) is 0 Å². The quantitative estimate of drug-likeness (QED) is 0.0911. The van der Waals surface area contributed by atoms with Crippen LogP contribution in [0, 0.1) is 0 Å². The van der Waals surface area contributed by atoms with E-state index in [1.54, 1.807) is 29.5 Å². The molecule has 11 heteroatoms. The highest BCUT2D eigenvalue weighted by atomic mass is 32.1. The van der Waals surface area contributed by atoms with E-state index < -0.39 is 0 Å². The number of nitrogens with zero attached hydrogens (tertiary/aromatic N) is 5. The molecule has 0 aromatic heterocycles. The summed E-state index contributed by atoms with van der Waals surface area (Å²) < 4.78 is 0. The lowest BCUT2D eigenvalue weighted by atomic mass is 10.2. The topological polar surface area (TPSA) is 94.6 Å². The van der Waals surface area contributed by atoms with E-state index >= 15 is 0 Å². The molecule has 41 heavy (non-hydrogen) atoms. The highest BCUT2D eigenvalue weighted by molar-refractivity contribution is 7.81. The van der Waals surface area contributed by atoms with Crippen molar-refractivity contribution >= 4 is 76.6 Å². The number of rotatable bonds is 9. The number of hydrogen-bond donors (Lipinski definition) is 1. The minimum Gasteiger partial charge on any atom is -0.304 e. The minimum atomic E-state index is 0.0278. The molecular weight excluding hydrogens is 573 g/mol. The lowest BCUT2D eigenvalue weighted by molar-refractivity contribution is -0.114. The van der Waals surface area contributed by atoms with Crippen LogP contribution in [0.4, 0.5) is 0 Å². The monoisotopic (exact) mass is 606 g/mol. The number of aldehydes is 2. The van der Waals surface area contributed by atoms with Crippen molar-refractivity contribution in [1.29, 1.82) is 0 Å². The molecule has 8 nitrogen and oxygen atoms in total. The van der Waals surface area contributed by atoms with Gasteiger partial charge in [0.05, 0.1) is 6.42 Å². The Kier molecular flexibility index (Phi) is 17.8. The summed E-state index contributed by atoms with van der Waals surface area (Å²) in [5.74, 6) is 5.46. The van der Waals surface area contributed by atoms with Gasteiger partial charge in [-0.05, 0) is 0 Å². The van der Waals surface area contributed by atoms with Crippen molar-refractivity contribution in [1.82, 2.24) is 15.0 Å². The molecule has 3 aromatic rings. The van der Waals surface area contributed by atoms with Gasteiger partial charge in [0.1, 0.15) is 27.5 Å². The van der Waals surface area contributed by atoms with Gasteiger partial charge in [0.15, 0.2) is 0 Å². The van der Waals surface area contributed by atoms with Gasteiger partial charge >= 0.3 is 0 Å². The summed E-state index contributed by atoms with van der Waals surface area (Å²) in [5.41, 5.74) is 2.92. The number of carbonyl (C=O) groups excluding carboxylic acids is 2. The molecule has 3 rings (SSSR count). The van der Waals surface area contributed by atoms with Crippen LogP contribution in [-0.2, 0) is 9.59 Å². The lowest BCUT2D eigenvalue weighted by Gasteiger charge is -2.14. The predicted octanol–water partition coefficient (Wildman–Crippen LogP) is 4.91. The SMILES string of the molecule is CN(/N=C/C/C=N/N(C)C(=S)c1ccccc1)C(=S)c1ccccc1.CN(N)C(=S)c1ccccc1.O=CCC=O. The molecule has 0 radical (unpaired) electrons. The highest BCUT2D eigenvalue weighted by Gasteiger charge is 2.05. The first-order chi connectivity index (χ1) is 19.7. The molecule has 0 aliphatic carbocycles. The largest absolute Gasteiger partial charge is 0.304 e. The first-order valence-corrected chi connectivity index (χ1v) is 13.6. The van der Waals surface area contributed by atoms with Gasteiger partial charge in [-0.15, -0.1) is 0 Å². The Hall–Kier alpha value is -4.03. The fourth-order valence-electron chi connectivity index (χ4n) is 2.85. The summed E-state index contributed by atoms with van der Waals surface area (Å²) in [6, 6.07) is 29.3. The predicted molar refractivity (Wildman–Crippen MR) is 180 cm³/mol. The number of thiocarbonyl (C=S) groups is 3. The molecule has 0 atom stereocenters. The number of carbonyl (C=O) groups is 2. The Labute approximate surface area is 258 Å². The molecule has 0 spiro atoms. The average Bonchev–Trinajstić information content (AvgIpc) is 3.01. The zero-order valence-electron chi connectivity index (χ0n) is 23.2. The van der Waals surface area contributed by atoms with Gasteiger partial charge in [-0.25, -0.2) is 5.84 Å². The maximum Gasteiger partial charge on any atom is 0.129 e. The molecule has 0 saturated heterocycles. The summed E-state index contributed by atoms with van der Waals surface area (Å²) in [5, 5.41) is 13.4. The van der Waals surface area contributed by atoms with Crippen LogP contribution in [0.2, 0.25) is 0 Å². The Morgan fingerprint density at radius 2 is 0.927 bits per heavy atom. The van der Waals surface area contributed by atoms with E-state index in [1.165, 1.54) is 5.01 Å². The zero-order valence-corrected chi connectivity index (χ0v) is 25.7. The van der Waals surface area contributed by atoms with E-state index in [9.17, 15) is 9.59 Å². The number of nitrogens with two attached hydrogens (primary N) is 1. The van der Waals surface area contributed by atoms with Crippen LogP contribution in [0.25, 0.3) is 0 Å². The first-order valence-electron chi connectivity index (χ1n) is 12.4. The molecule has 0 heterocycles. The van der Waals surface area contributed by atoms with Crippen LogP contribution >= 0.6 is 36.7 Å². The van der Waals surface area contributed by atoms with E-state index in [2.05, 4.69) is 10.2 Å². The maximum absolute atomic E-state index is 9.17. The Morgan fingerprint density at radius 1 is 0.610 bits per heavy atom. The number of hydrogen-bond acceptors (Lipinski definition) is 8. The van der Waals surface area contributed by atoms with Gasteiger partial charge in [0.25, 0.3) is 0 Å². The molecule has 0 fully saturated rings. The Bertz CT molecular complexity index is 1220. The summed E-state index contributed by atoms with van der Waals surface area (Å²) in [7, 11) is 5.40. The summed E-state index contributed by atoms with van der Waals surface area (Å²) in [6.45, 7) is 0. The molecular formula is C30H34N6O2S3. The van der Waals surface area contributed by atoms with Crippen LogP contribution in [-0.4, -0.2) is 76.1 Å². The third kappa shape index (κ3) is 14.3. The molecule has 0 unspecified atom stereocenters. The van der Waals surface area contributed by atoms with E-state index in [-0.39, 0.29) is 6.42 Å². The smallest absolute Gasteiger partial charge is 0.129 e. The molecule has 3 aromatic carbocycles. The highest BCUT2D eigenvalue weighted by Crippen LogP contribution is 2.06. The van der Waals surface area contributed by atoms with E-state index in [0.717, 1.165) is 16.7 Å². The molecule has 2 N–H and O–H groups in total. The van der Waals surface area contributed by atoms with Crippen molar-refractivity contribution in [2.45, 2.75) is 12.8 Å². The van der Waals surface area contributed by atoms with Gasteiger partial charge in [-0.1, -0.05) is 128 Å². The third-order valence-corrected chi connectivity index (χ3v) is 6.41. The second kappa shape index (κ2) is 20.8. The second-order valence-corrected chi connectivity index (χ2v) is 9.23. The van der Waals surface area contributed by atoms with Gasteiger partial charge in [-0.3, -0.25) is 10.0 Å². The van der Waals surface area contributed by atoms with Crippen molar-refractivity contribution in [3.8, 4) is 0 Å². The van der Waals surface area contributed by atoms with Crippen LogP contribution in [0.3, 0.4) is 0 Å². The van der Waals surface area contributed by atoms with Gasteiger partial charge < -0.3 is 14.6 Å². The summed E-state index contributed by atoms with van der Waals surface area (Å²) in [4.78, 5) is 20.4. The standard InChI is InChI=1S/C19H20N4S2.C8H10N2S.C3H4O2/c1-22(18(24)16-10-5-3-6-11-16)20-14-9-15-21-23(2)19(25)17-12-7-4-8-13-17;1-10(9)8(11)7-5-3-2-4-6-7;4-2-1-3-5/h3-8,10-15H,9H2,1-2H3;2-6H,9H2,1H3;2-3H,1H2/b20-14+,21-15+;;. The fraction of sp³-hybridized carbons (Fsp3) is 0.167. The van der Waals surface area contributed by atoms with Crippen LogP contribution < -0.4 is 5.84 Å². The van der Waals surface area contributed by atoms with Crippen molar-refractivity contribution in [2.75, 3.05) is 21.1 Å². The van der Waals surface area contributed by atoms with E-state index in [1.807, 2.05) is 105 Å². The van der Waals surface area contributed by atoms with Crippen molar-refractivity contribution in [2.24, 2.45) is 16.0 Å². The van der Waals surface area contributed by atoms with Gasteiger partial charge in [-0.2, -0.15) is 10.2 Å². The molecule has 0 aliphatic rings. The van der Waals surface area contributed by atoms with Crippen LogP contribution in [0.5, 0.6) is 0 Å². The molecule has 0 amide bonds. The normalized spacial score (nSPS) is 9.95. The average molecular weight is 607 g/mol. The van der Waals surface area contributed by atoms with E-state index in [4.69, 9.17) is 42.5 Å². The van der Waals surface area contributed by atoms with Crippen molar-refractivity contribution < 1.29 is 9.59 Å². The summed E-state index contributed by atoms with van der Waals surface area (Å²) in [6.07, 6.45) is 5.26. The van der Waals surface area contributed by atoms with Crippen LogP contribution in [0.1, 0.15) is 29.5 Å². The number of hydrazine groups is 1. The Morgan fingerprint density at radius 3 is 1.20 bits per heavy atom. The van der Waals surface area contributed by atoms with Crippen molar-refractivity contribution in [3.05, 3.63) is 108 Å². The number of hydrazone groups is 2. The van der Waals surface area contributed by atoms with Gasteiger partial charge in [0, 0.05) is 56.7 Å². The second-order valence-electron chi connectivity index (χ2n) is 8.07. The lowest BCUT2D eigenvalue weighted by Crippen LogP contribution is -2.32. The zero-order chi connectivity index (χ0) is 30.5. The minimum absolute atomic E-state index is 0.0278. The van der Waals surface area contributed by atoms with Gasteiger partial charge in [0.2, 0.25) is 0 Å². The molecule has 214 valence electrons. The Balaban J connectivity index is 0.000000431.